The highest BCUT2D eigenvalue weighted by Gasteiger charge is 2.18. The molecule has 0 spiro atoms. The smallest absolute Gasteiger partial charge is 0.276 e. The second-order valence-corrected chi connectivity index (χ2v) is 7.53. The van der Waals surface area contributed by atoms with Gasteiger partial charge >= 0.3 is 0 Å². The molecular weight excluding hydrogens is 382 g/mol. The zero-order valence-electron chi connectivity index (χ0n) is 15.0. The molecule has 3 heterocycles. The van der Waals surface area contributed by atoms with Crippen molar-refractivity contribution in [1.29, 1.82) is 0 Å². The number of amides is 1. The molecule has 1 aliphatic rings. The Bertz CT molecular complexity index is 916. The second kappa shape index (κ2) is 8.65. The van der Waals surface area contributed by atoms with Gasteiger partial charge in [0.05, 0.1) is 16.7 Å². The quantitative estimate of drug-likeness (QED) is 0.692. The number of halogens is 1. The first-order valence-electron chi connectivity index (χ1n) is 8.79. The van der Waals surface area contributed by atoms with Crippen molar-refractivity contribution in [2.45, 2.75) is 25.8 Å². The van der Waals surface area contributed by atoms with Gasteiger partial charge in [0, 0.05) is 29.4 Å². The Kier molecular flexibility index (Phi) is 6.26. The van der Waals surface area contributed by atoms with Crippen LogP contribution in [0.3, 0.4) is 0 Å². The predicted molar refractivity (Wildman–Crippen MR) is 111 cm³/mol. The van der Waals surface area contributed by atoms with Crippen LogP contribution in [0.15, 0.2) is 41.9 Å². The minimum Gasteiger partial charge on any atom is -0.321 e. The molecule has 4 rings (SSSR count). The number of hydrogen-bond donors (Lipinski definition) is 2. The van der Waals surface area contributed by atoms with E-state index in [-0.39, 0.29) is 18.3 Å². The largest absolute Gasteiger partial charge is 0.321 e. The summed E-state index contributed by atoms with van der Waals surface area (Å²) < 4.78 is 1.90. The lowest BCUT2D eigenvalue weighted by atomic mass is 10.1. The maximum atomic E-state index is 12.5. The Morgan fingerprint density at radius 1 is 1.37 bits per heavy atom. The molecule has 0 saturated carbocycles. The van der Waals surface area contributed by atoms with Crippen molar-refractivity contribution >= 4 is 35.3 Å². The average Bonchev–Trinajstić information content (AvgIpc) is 3.32. The molecule has 27 heavy (non-hydrogen) atoms. The van der Waals surface area contributed by atoms with Crippen molar-refractivity contribution in [3.8, 4) is 11.3 Å². The minimum absolute atomic E-state index is 0. The van der Waals surface area contributed by atoms with Crippen LogP contribution in [0.5, 0.6) is 0 Å². The zero-order valence-corrected chi connectivity index (χ0v) is 16.6. The van der Waals surface area contributed by atoms with E-state index in [2.05, 4.69) is 20.7 Å². The third-order valence-corrected chi connectivity index (χ3v) is 5.29. The van der Waals surface area contributed by atoms with Gasteiger partial charge < -0.3 is 10.6 Å². The normalized spacial score (nSPS) is 16.6. The highest BCUT2D eigenvalue weighted by atomic mass is 35.5. The SMILES string of the molecule is Cc1nc(-c2cccc(NC(=O)c3ccn(C4CCCNC4)n3)c2)cs1.Cl. The van der Waals surface area contributed by atoms with E-state index in [0.29, 0.717) is 11.7 Å². The molecule has 1 aliphatic heterocycles. The molecule has 2 N–H and O–H groups in total. The van der Waals surface area contributed by atoms with Crippen LogP contribution in [0, 0.1) is 6.92 Å². The van der Waals surface area contributed by atoms with E-state index in [4.69, 9.17) is 0 Å². The highest BCUT2D eigenvalue weighted by Crippen LogP contribution is 2.24. The van der Waals surface area contributed by atoms with Crippen LogP contribution < -0.4 is 10.6 Å². The van der Waals surface area contributed by atoms with Crippen molar-refractivity contribution in [2.24, 2.45) is 0 Å². The van der Waals surface area contributed by atoms with Crippen molar-refractivity contribution in [3.05, 3.63) is 52.6 Å². The summed E-state index contributed by atoms with van der Waals surface area (Å²) in [5.74, 6) is -0.195. The first kappa shape index (κ1) is 19.5. The van der Waals surface area contributed by atoms with Gasteiger partial charge in [-0.15, -0.1) is 23.7 Å². The number of rotatable bonds is 4. The monoisotopic (exact) mass is 403 g/mol. The number of carbonyl (C=O) groups excluding carboxylic acids is 1. The van der Waals surface area contributed by atoms with Gasteiger partial charge in [-0.25, -0.2) is 4.98 Å². The Labute approximate surface area is 168 Å². The number of benzene rings is 1. The molecule has 0 radical (unpaired) electrons. The van der Waals surface area contributed by atoms with Crippen molar-refractivity contribution < 1.29 is 4.79 Å². The summed E-state index contributed by atoms with van der Waals surface area (Å²) in [6.45, 7) is 3.94. The van der Waals surface area contributed by atoms with Crippen LogP contribution in [0.2, 0.25) is 0 Å². The Morgan fingerprint density at radius 2 is 2.26 bits per heavy atom. The van der Waals surface area contributed by atoms with Gasteiger partial charge in [-0.3, -0.25) is 9.48 Å². The summed E-state index contributed by atoms with van der Waals surface area (Å²) in [4.78, 5) is 17.0. The molecule has 0 aliphatic carbocycles. The fraction of sp³-hybridized carbons (Fsp3) is 0.316. The fourth-order valence-electron chi connectivity index (χ4n) is 3.17. The van der Waals surface area contributed by atoms with Gasteiger partial charge in [0.2, 0.25) is 0 Å². The molecule has 1 amide bonds. The average molecular weight is 404 g/mol. The van der Waals surface area contributed by atoms with Crippen LogP contribution in [-0.4, -0.2) is 33.8 Å². The van der Waals surface area contributed by atoms with Crippen LogP contribution in [0.25, 0.3) is 11.3 Å². The summed E-state index contributed by atoms with van der Waals surface area (Å²) in [7, 11) is 0. The summed E-state index contributed by atoms with van der Waals surface area (Å²) in [5, 5.41) is 13.8. The van der Waals surface area contributed by atoms with Gasteiger partial charge in [0.1, 0.15) is 0 Å². The molecule has 142 valence electrons. The predicted octanol–water partition coefficient (Wildman–Crippen LogP) is 3.91. The Morgan fingerprint density at radius 3 is 3.00 bits per heavy atom. The van der Waals surface area contributed by atoms with E-state index in [0.717, 1.165) is 47.9 Å². The fourth-order valence-corrected chi connectivity index (χ4v) is 3.79. The third-order valence-electron chi connectivity index (χ3n) is 4.52. The standard InChI is InChI=1S/C19H21N5OS.ClH/c1-13-21-18(12-26-13)14-4-2-5-15(10-14)22-19(25)17-7-9-24(23-17)16-6-3-8-20-11-16;/h2,4-5,7,9-10,12,16,20H,3,6,8,11H2,1H3,(H,22,25);1H. The number of aromatic nitrogens is 3. The Balaban J connectivity index is 0.00000210. The topological polar surface area (TPSA) is 71.8 Å². The number of hydrogen-bond acceptors (Lipinski definition) is 5. The molecule has 1 fully saturated rings. The highest BCUT2D eigenvalue weighted by molar-refractivity contribution is 7.09. The first-order valence-corrected chi connectivity index (χ1v) is 9.67. The lowest BCUT2D eigenvalue weighted by Crippen LogP contribution is -2.32. The van der Waals surface area contributed by atoms with E-state index in [1.807, 2.05) is 47.4 Å². The van der Waals surface area contributed by atoms with Crippen LogP contribution in [0.1, 0.15) is 34.4 Å². The molecule has 1 unspecified atom stereocenters. The molecule has 0 bridgehead atoms. The molecule has 1 saturated heterocycles. The number of nitrogens with one attached hydrogen (secondary N) is 2. The van der Waals surface area contributed by atoms with Gasteiger partial charge in [-0.2, -0.15) is 5.10 Å². The zero-order chi connectivity index (χ0) is 17.9. The van der Waals surface area contributed by atoms with Crippen LogP contribution >= 0.6 is 23.7 Å². The van der Waals surface area contributed by atoms with Crippen LogP contribution in [-0.2, 0) is 0 Å². The molecular formula is C19H22ClN5OS. The van der Waals surface area contributed by atoms with Gasteiger partial charge in [0.25, 0.3) is 5.91 Å². The van der Waals surface area contributed by atoms with Crippen molar-refractivity contribution in [2.75, 3.05) is 18.4 Å². The summed E-state index contributed by atoms with van der Waals surface area (Å²) in [6, 6.07) is 9.83. The third kappa shape index (κ3) is 4.55. The van der Waals surface area contributed by atoms with E-state index < -0.39 is 0 Å². The summed E-state index contributed by atoms with van der Waals surface area (Å²) >= 11 is 1.62. The lowest BCUT2D eigenvalue weighted by Gasteiger charge is -2.22. The van der Waals surface area contributed by atoms with E-state index in [1.165, 1.54) is 0 Å². The van der Waals surface area contributed by atoms with Crippen LogP contribution in [0.4, 0.5) is 5.69 Å². The van der Waals surface area contributed by atoms with E-state index >= 15 is 0 Å². The number of aryl methyl sites for hydroxylation is 1. The molecule has 1 aromatic carbocycles. The van der Waals surface area contributed by atoms with Gasteiger partial charge in [-0.05, 0) is 44.5 Å². The number of piperidine rings is 1. The second-order valence-electron chi connectivity index (χ2n) is 6.47. The number of carbonyl (C=O) groups is 1. The number of anilines is 1. The molecule has 8 heteroatoms. The maximum absolute atomic E-state index is 12.5. The van der Waals surface area contributed by atoms with Crippen molar-refractivity contribution in [3.63, 3.8) is 0 Å². The van der Waals surface area contributed by atoms with Crippen molar-refractivity contribution in [1.82, 2.24) is 20.1 Å². The summed E-state index contributed by atoms with van der Waals surface area (Å²) in [5.41, 5.74) is 3.10. The molecule has 6 nitrogen and oxygen atoms in total. The Hall–Kier alpha value is -2.22. The van der Waals surface area contributed by atoms with E-state index in [1.54, 1.807) is 17.4 Å². The molecule has 2 aromatic heterocycles. The number of thiazole rings is 1. The van der Waals surface area contributed by atoms with Gasteiger partial charge in [0.15, 0.2) is 5.69 Å². The first-order chi connectivity index (χ1) is 12.7. The maximum Gasteiger partial charge on any atom is 0.276 e. The summed E-state index contributed by atoms with van der Waals surface area (Å²) in [6.07, 6.45) is 4.11. The molecule has 3 aromatic rings. The minimum atomic E-state index is -0.195. The molecule has 1 atom stereocenters. The van der Waals surface area contributed by atoms with Gasteiger partial charge in [-0.1, -0.05) is 12.1 Å². The lowest BCUT2D eigenvalue weighted by molar-refractivity contribution is 0.102. The van der Waals surface area contributed by atoms with E-state index in [9.17, 15) is 4.79 Å². The number of nitrogens with zero attached hydrogens (tertiary/aromatic N) is 3.